The van der Waals surface area contributed by atoms with Crippen molar-refractivity contribution >= 4 is 27.5 Å². The molecule has 0 fully saturated rings. The van der Waals surface area contributed by atoms with Gasteiger partial charge in [0, 0.05) is 4.47 Å². The lowest BCUT2D eigenvalue weighted by molar-refractivity contribution is 0.306. The summed E-state index contributed by atoms with van der Waals surface area (Å²) in [6.07, 6.45) is 3.49. The van der Waals surface area contributed by atoms with E-state index in [0.717, 1.165) is 23.2 Å². The summed E-state index contributed by atoms with van der Waals surface area (Å²) in [5.41, 5.74) is 0. The lowest BCUT2D eigenvalue weighted by Gasteiger charge is -2.07. The minimum Gasteiger partial charge on any atom is -0.492 e. The van der Waals surface area contributed by atoms with Gasteiger partial charge in [-0.1, -0.05) is 47.3 Å². The molecular formula is C11H14BrClO. The average molecular weight is 278 g/mol. The summed E-state index contributed by atoms with van der Waals surface area (Å²) >= 11 is 9.34. The number of unbranched alkanes of at least 4 members (excludes halogenated alkanes) is 2. The average Bonchev–Trinajstić information content (AvgIpc) is 2.18. The Balaban J connectivity index is 2.45. The topological polar surface area (TPSA) is 9.23 Å². The monoisotopic (exact) mass is 276 g/mol. The highest BCUT2D eigenvalue weighted by molar-refractivity contribution is 9.10. The first kappa shape index (κ1) is 11.9. The van der Waals surface area contributed by atoms with Crippen LogP contribution in [-0.4, -0.2) is 6.61 Å². The maximum atomic E-state index is 5.96. The van der Waals surface area contributed by atoms with Crippen molar-refractivity contribution in [2.75, 3.05) is 6.61 Å². The molecule has 1 aromatic carbocycles. The minimum atomic E-state index is 0.671. The Kier molecular flexibility index (Phi) is 5.34. The van der Waals surface area contributed by atoms with E-state index < -0.39 is 0 Å². The second kappa shape index (κ2) is 6.31. The Morgan fingerprint density at radius 2 is 2.14 bits per heavy atom. The third-order valence-corrected chi connectivity index (χ3v) is 2.70. The predicted octanol–water partition coefficient (Wildman–Crippen LogP) is 4.67. The normalized spacial score (nSPS) is 10.2. The third kappa shape index (κ3) is 3.89. The molecule has 0 bridgehead atoms. The highest BCUT2D eigenvalue weighted by Gasteiger charge is 2.01. The Morgan fingerprint density at radius 3 is 2.86 bits per heavy atom. The molecule has 0 N–H and O–H groups in total. The predicted molar refractivity (Wildman–Crippen MR) is 64.2 cm³/mol. The SMILES string of the molecule is CCCCCOc1cc(Br)ccc1Cl. The molecule has 0 radical (unpaired) electrons. The molecule has 14 heavy (non-hydrogen) atoms. The van der Waals surface area contributed by atoms with Crippen LogP contribution in [0.3, 0.4) is 0 Å². The van der Waals surface area contributed by atoms with Crippen molar-refractivity contribution in [3.05, 3.63) is 27.7 Å². The van der Waals surface area contributed by atoms with E-state index in [1.807, 2.05) is 18.2 Å². The molecule has 0 aliphatic carbocycles. The van der Waals surface area contributed by atoms with E-state index in [4.69, 9.17) is 16.3 Å². The molecule has 0 aliphatic heterocycles. The van der Waals surface area contributed by atoms with E-state index in [-0.39, 0.29) is 0 Å². The van der Waals surface area contributed by atoms with Crippen LogP contribution in [0.2, 0.25) is 5.02 Å². The van der Waals surface area contributed by atoms with Gasteiger partial charge in [-0.3, -0.25) is 0 Å². The molecule has 0 amide bonds. The molecule has 1 rings (SSSR count). The van der Waals surface area contributed by atoms with Crippen LogP contribution >= 0.6 is 27.5 Å². The van der Waals surface area contributed by atoms with E-state index in [9.17, 15) is 0 Å². The first-order chi connectivity index (χ1) is 6.74. The zero-order chi connectivity index (χ0) is 10.4. The molecule has 0 atom stereocenters. The van der Waals surface area contributed by atoms with Crippen molar-refractivity contribution in [1.82, 2.24) is 0 Å². The van der Waals surface area contributed by atoms with Gasteiger partial charge in [-0.2, -0.15) is 0 Å². The van der Waals surface area contributed by atoms with Crippen LogP contribution in [0.5, 0.6) is 5.75 Å². The first-order valence-electron chi connectivity index (χ1n) is 4.82. The van der Waals surface area contributed by atoms with Crippen molar-refractivity contribution in [2.24, 2.45) is 0 Å². The maximum Gasteiger partial charge on any atom is 0.139 e. The number of halogens is 2. The molecular weight excluding hydrogens is 263 g/mol. The first-order valence-corrected chi connectivity index (χ1v) is 5.99. The van der Waals surface area contributed by atoms with Gasteiger partial charge in [-0.05, 0) is 24.6 Å². The van der Waals surface area contributed by atoms with Gasteiger partial charge in [0.05, 0.1) is 11.6 Å². The minimum absolute atomic E-state index is 0.671. The molecule has 0 spiro atoms. The Bertz CT molecular complexity index is 289. The number of hydrogen-bond donors (Lipinski definition) is 0. The summed E-state index contributed by atoms with van der Waals surface area (Å²) in [7, 11) is 0. The summed E-state index contributed by atoms with van der Waals surface area (Å²) in [4.78, 5) is 0. The van der Waals surface area contributed by atoms with Crippen LogP contribution in [-0.2, 0) is 0 Å². The molecule has 0 aliphatic rings. The van der Waals surface area contributed by atoms with E-state index in [1.54, 1.807) is 0 Å². The molecule has 0 saturated heterocycles. The van der Waals surface area contributed by atoms with Crippen molar-refractivity contribution in [1.29, 1.82) is 0 Å². The molecule has 0 saturated carbocycles. The fourth-order valence-corrected chi connectivity index (χ4v) is 1.63. The zero-order valence-electron chi connectivity index (χ0n) is 8.22. The second-order valence-corrected chi connectivity index (χ2v) is 4.45. The second-order valence-electron chi connectivity index (χ2n) is 3.13. The Labute approximate surface area is 98.5 Å². The summed E-state index contributed by atoms with van der Waals surface area (Å²) in [6, 6.07) is 5.64. The number of rotatable bonds is 5. The van der Waals surface area contributed by atoms with Gasteiger partial charge in [0.15, 0.2) is 0 Å². The van der Waals surface area contributed by atoms with E-state index in [0.29, 0.717) is 5.02 Å². The van der Waals surface area contributed by atoms with E-state index in [2.05, 4.69) is 22.9 Å². The van der Waals surface area contributed by atoms with Gasteiger partial charge < -0.3 is 4.74 Å². The van der Waals surface area contributed by atoms with Crippen LogP contribution in [0.25, 0.3) is 0 Å². The molecule has 1 aromatic rings. The summed E-state index contributed by atoms with van der Waals surface area (Å²) in [6.45, 7) is 2.91. The highest BCUT2D eigenvalue weighted by Crippen LogP contribution is 2.27. The fraction of sp³-hybridized carbons (Fsp3) is 0.455. The summed E-state index contributed by atoms with van der Waals surface area (Å²) in [5, 5.41) is 0.671. The smallest absolute Gasteiger partial charge is 0.139 e. The standard InChI is InChI=1S/C11H14BrClO/c1-2-3-4-7-14-11-8-9(12)5-6-10(11)13/h5-6,8H,2-4,7H2,1H3. The Morgan fingerprint density at radius 1 is 1.36 bits per heavy atom. The summed E-state index contributed by atoms with van der Waals surface area (Å²) in [5.74, 6) is 0.761. The molecule has 1 nitrogen and oxygen atoms in total. The van der Waals surface area contributed by atoms with Gasteiger partial charge in [0.2, 0.25) is 0 Å². The van der Waals surface area contributed by atoms with Gasteiger partial charge in [0.25, 0.3) is 0 Å². The summed E-state index contributed by atoms with van der Waals surface area (Å²) < 4.78 is 6.55. The lowest BCUT2D eigenvalue weighted by Crippen LogP contribution is -1.97. The van der Waals surface area contributed by atoms with Crippen LogP contribution in [0, 0.1) is 0 Å². The van der Waals surface area contributed by atoms with Gasteiger partial charge in [-0.15, -0.1) is 0 Å². The van der Waals surface area contributed by atoms with Gasteiger partial charge >= 0.3 is 0 Å². The van der Waals surface area contributed by atoms with Crippen LogP contribution in [0.4, 0.5) is 0 Å². The van der Waals surface area contributed by atoms with Crippen molar-refractivity contribution in [3.63, 3.8) is 0 Å². The highest BCUT2D eigenvalue weighted by atomic mass is 79.9. The molecule has 0 unspecified atom stereocenters. The van der Waals surface area contributed by atoms with Gasteiger partial charge in [0.1, 0.15) is 5.75 Å². The van der Waals surface area contributed by atoms with Crippen LogP contribution < -0.4 is 4.74 Å². The van der Waals surface area contributed by atoms with Gasteiger partial charge in [-0.25, -0.2) is 0 Å². The third-order valence-electron chi connectivity index (χ3n) is 1.90. The maximum absolute atomic E-state index is 5.96. The van der Waals surface area contributed by atoms with Crippen molar-refractivity contribution < 1.29 is 4.74 Å². The molecule has 0 heterocycles. The van der Waals surface area contributed by atoms with Crippen LogP contribution in [0.15, 0.2) is 22.7 Å². The molecule has 3 heteroatoms. The largest absolute Gasteiger partial charge is 0.492 e. The van der Waals surface area contributed by atoms with E-state index in [1.165, 1.54) is 12.8 Å². The lowest BCUT2D eigenvalue weighted by atomic mass is 10.3. The molecule has 78 valence electrons. The number of benzene rings is 1. The quantitative estimate of drug-likeness (QED) is 0.711. The fourth-order valence-electron chi connectivity index (χ4n) is 1.12. The number of ether oxygens (including phenoxy) is 1. The van der Waals surface area contributed by atoms with E-state index >= 15 is 0 Å². The molecule has 0 aromatic heterocycles. The van der Waals surface area contributed by atoms with Crippen LogP contribution in [0.1, 0.15) is 26.2 Å². The Hall–Kier alpha value is -0.210. The van der Waals surface area contributed by atoms with Crippen molar-refractivity contribution in [2.45, 2.75) is 26.2 Å². The van der Waals surface area contributed by atoms with Crippen molar-refractivity contribution in [3.8, 4) is 5.75 Å². The zero-order valence-corrected chi connectivity index (χ0v) is 10.6. The number of hydrogen-bond acceptors (Lipinski definition) is 1.